The van der Waals surface area contributed by atoms with Crippen LogP contribution < -0.4 is 5.32 Å². The van der Waals surface area contributed by atoms with E-state index in [2.05, 4.69) is 21.2 Å². The van der Waals surface area contributed by atoms with Crippen molar-refractivity contribution in [3.63, 3.8) is 0 Å². The van der Waals surface area contributed by atoms with Crippen LogP contribution in [-0.2, 0) is 0 Å². The molecule has 2 rings (SSSR count). The molecule has 0 aliphatic heterocycles. The molecule has 0 saturated carbocycles. The Hall–Kier alpha value is -0.900. The van der Waals surface area contributed by atoms with Crippen LogP contribution in [0.15, 0.2) is 46.9 Å². The van der Waals surface area contributed by atoms with Crippen LogP contribution in [0, 0.1) is 5.82 Å². The van der Waals surface area contributed by atoms with E-state index in [1.165, 1.54) is 6.07 Å². The Morgan fingerprint density at radius 2 is 1.94 bits per heavy atom. The Morgan fingerprint density at radius 1 is 1.22 bits per heavy atom. The molecule has 18 heavy (non-hydrogen) atoms. The Labute approximate surface area is 119 Å². The predicted molar refractivity (Wildman–Crippen MR) is 76.5 cm³/mol. The average molecular weight is 329 g/mol. The molecule has 1 N–H and O–H groups in total. The largest absolute Gasteiger partial charge is 0.309 e. The number of nitrogens with one attached hydrogen (secondary N) is 1. The molecule has 0 heterocycles. The van der Waals surface area contributed by atoms with E-state index in [0.717, 1.165) is 10.0 Å². The first-order valence-corrected chi connectivity index (χ1v) is 6.67. The zero-order valence-electron chi connectivity index (χ0n) is 9.75. The maximum absolute atomic E-state index is 13.8. The summed E-state index contributed by atoms with van der Waals surface area (Å²) in [6.07, 6.45) is 0. The van der Waals surface area contributed by atoms with Gasteiger partial charge in [-0.3, -0.25) is 0 Å². The second kappa shape index (κ2) is 5.83. The molecule has 0 fully saturated rings. The molecular weight excluding hydrogens is 317 g/mol. The molecule has 4 heteroatoms. The second-order valence-electron chi connectivity index (χ2n) is 3.92. The van der Waals surface area contributed by atoms with Gasteiger partial charge in [0, 0.05) is 10.0 Å². The van der Waals surface area contributed by atoms with Gasteiger partial charge in [-0.25, -0.2) is 4.39 Å². The first kappa shape index (κ1) is 13.5. The summed E-state index contributed by atoms with van der Waals surface area (Å²) in [5.41, 5.74) is 1.58. The van der Waals surface area contributed by atoms with Crippen molar-refractivity contribution in [3.8, 4) is 0 Å². The van der Waals surface area contributed by atoms with Crippen molar-refractivity contribution >= 4 is 27.5 Å². The van der Waals surface area contributed by atoms with Gasteiger partial charge in [-0.05, 0) is 46.7 Å². The highest BCUT2D eigenvalue weighted by Gasteiger charge is 2.16. The van der Waals surface area contributed by atoms with E-state index in [-0.39, 0.29) is 11.9 Å². The summed E-state index contributed by atoms with van der Waals surface area (Å²) in [5, 5.41) is 3.76. The first-order chi connectivity index (χ1) is 8.63. The maximum atomic E-state index is 13.8. The molecule has 0 aliphatic rings. The van der Waals surface area contributed by atoms with Crippen molar-refractivity contribution in [2.45, 2.75) is 6.04 Å². The summed E-state index contributed by atoms with van der Waals surface area (Å²) in [6.45, 7) is 0. The number of benzene rings is 2. The van der Waals surface area contributed by atoms with Gasteiger partial charge in [0.2, 0.25) is 0 Å². The van der Waals surface area contributed by atoms with Crippen molar-refractivity contribution in [1.82, 2.24) is 5.32 Å². The van der Waals surface area contributed by atoms with Crippen LogP contribution in [0.1, 0.15) is 17.2 Å². The minimum atomic E-state index is -0.220. The van der Waals surface area contributed by atoms with Crippen molar-refractivity contribution < 1.29 is 4.39 Å². The van der Waals surface area contributed by atoms with E-state index in [1.807, 2.05) is 18.2 Å². The average Bonchev–Trinajstić information content (AvgIpc) is 2.37. The van der Waals surface area contributed by atoms with Crippen LogP contribution in [0.2, 0.25) is 5.02 Å². The van der Waals surface area contributed by atoms with Crippen LogP contribution in [0.3, 0.4) is 0 Å². The molecule has 0 aliphatic carbocycles. The number of rotatable bonds is 3. The minimum absolute atomic E-state index is 0.195. The number of hydrogen-bond acceptors (Lipinski definition) is 1. The van der Waals surface area contributed by atoms with E-state index in [4.69, 9.17) is 11.6 Å². The van der Waals surface area contributed by atoms with E-state index >= 15 is 0 Å². The number of halogens is 3. The highest BCUT2D eigenvalue weighted by molar-refractivity contribution is 9.10. The first-order valence-electron chi connectivity index (χ1n) is 5.50. The van der Waals surface area contributed by atoms with Gasteiger partial charge in [0.25, 0.3) is 0 Å². The van der Waals surface area contributed by atoms with Gasteiger partial charge in [0.1, 0.15) is 5.82 Å². The lowest BCUT2D eigenvalue weighted by molar-refractivity contribution is 0.576. The summed E-state index contributed by atoms with van der Waals surface area (Å²) < 4.78 is 14.6. The standard InChI is InChI=1S/C14H12BrClFN/c1-18-14(10-4-2-3-5-13(10)17)9-6-7-12(16)11(15)8-9/h2-8,14,18H,1H3. The highest BCUT2D eigenvalue weighted by Crippen LogP contribution is 2.29. The minimum Gasteiger partial charge on any atom is -0.309 e. The van der Waals surface area contributed by atoms with Gasteiger partial charge < -0.3 is 5.32 Å². The summed E-state index contributed by atoms with van der Waals surface area (Å²) in [5.74, 6) is -0.220. The second-order valence-corrected chi connectivity index (χ2v) is 5.18. The highest BCUT2D eigenvalue weighted by atomic mass is 79.9. The van der Waals surface area contributed by atoms with Crippen LogP contribution >= 0.6 is 27.5 Å². The van der Waals surface area contributed by atoms with Crippen LogP contribution in [-0.4, -0.2) is 7.05 Å². The lowest BCUT2D eigenvalue weighted by atomic mass is 9.98. The van der Waals surface area contributed by atoms with Crippen molar-refractivity contribution in [1.29, 1.82) is 0 Å². The van der Waals surface area contributed by atoms with Gasteiger partial charge in [-0.2, -0.15) is 0 Å². The molecule has 2 aromatic carbocycles. The third kappa shape index (κ3) is 2.74. The lowest BCUT2D eigenvalue weighted by Gasteiger charge is -2.18. The molecule has 0 spiro atoms. The predicted octanol–water partition coefficient (Wildman–Crippen LogP) is 4.55. The number of hydrogen-bond donors (Lipinski definition) is 1. The lowest BCUT2D eigenvalue weighted by Crippen LogP contribution is -2.18. The van der Waals surface area contributed by atoms with E-state index < -0.39 is 0 Å². The maximum Gasteiger partial charge on any atom is 0.128 e. The van der Waals surface area contributed by atoms with Crippen LogP contribution in [0.25, 0.3) is 0 Å². The molecule has 1 atom stereocenters. The summed E-state index contributed by atoms with van der Waals surface area (Å²) in [4.78, 5) is 0. The smallest absolute Gasteiger partial charge is 0.128 e. The molecule has 2 aromatic rings. The van der Waals surface area contributed by atoms with Gasteiger partial charge in [-0.1, -0.05) is 35.9 Å². The Kier molecular flexibility index (Phi) is 4.38. The van der Waals surface area contributed by atoms with Crippen LogP contribution in [0.5, 0.6) is 0 Å². The van der Waals surface area contributed by atoms with Gasteiger partial charge in [0.05, 0.1) is 11.1 Å². The molecule has 0 bridgehead atoms. The zero-order chi connectivity index (χ0) is 13.1. The zero-order valence-corrected chi connectivity index (χ0v) is 12.1. The molecule has 0 radical (unpaired) electrons. The van der Waals surface area contributed by atoms with E-state index in [9.17, 15) is 4.39 Å². The molecule has 0 amide bonds. The monoisotopic (exact) mass is 327 g/mol. The summed E-state index contributed by atoms with van der Waals surface area (Å²) in [6, 6.07) is 12.1. The molecule has 0 aromatic heterocycles. The van der Waals surface area contributed by atoms with E-state index in [1.54, 1.807) is 25.2 Å². The summed E-state index contributed by atoms with van der Waals surface area (Å²) in [7, 11) is 1.81. The third-order valence-electron chi connectivity index (χ3n) is 2.78. The molecular formula is C14H12BrClFN. The van der Waals surface area contributed by atoms with Gasteiger partial charge in [-0.15, -0.1) is 0 Å². The van der Waals surface area contributed by atoms with Crippen LogP contribution in [0.4, 0.5) is 4.39 Å². The summed E-state index contributed by atoms with van der Waals surface area (Å²) >= 11 is 9.35. The topological polar surface area (TPSA) is 12.0 Å². The SMILES string of the molecule is CNC(c1ccc(Cl)c(Br)c1)c1ccccc1F. The molecule has 1 unspecified atom stereocenters. The Balaban J connectivity index is 2.45. The molecule has 1 nitrogen and oxygen atoms in total. The fourth-order valence-electron chi connectivity index (χ4n) is 1.90. The normalized spacial score (nSPS) is 12.4. The van der Waals surface area contributed by atoms with Crippen molar-refractivity contribution in [2.75, 3.05) is 7.05 Å². The fourth-order valence-corrected chi connectivity index (χ4v) is 2.42. The van der Waals surface area contributed by atoms with Crippen molar-refractivity contribution in [3.05, 3.63) is 68.9 Å². The quantitative estimate of drug-likeness (QED) is 0.871. The van der Waals surface area contributed by atoms with Gasteiger partial charge in [0.15, 0.2) is 0 Å². The third-order valence-corrected chi connectivity index (χ3v) is 4.00. The molecule has 0 saturated heterocycles. The van der Waals surface area contributed by atoms with Gasteiger partial charge >= 0.3 is 0 Å². The Bertz CT molecular complexity index is 559. The molecule has 94 valence electrons. The fraction of sp³-hybridized carbons (Fsp3) is 0.143. The Morgan fingerprint density at radius 3 is 2.56 bits per heavy atom. The van der Waals surface area contributed by atoms with Crippen molar-refractivity contribution in [2.24, 2.45) is 0 Å². The van der Waals surface area contributed by atoms with E-state index in [0.29, 0.717) is 10.6 Å².